The molecule has 10 bridgehead atoms. The number of carboxylic acid groups (broad SMARTS) is 1. The lowest BCUT2D eigenvalue weighted by atomic mass is 10.1. The molecule has 1 aliphatic heterocycles. The highest BCUT2D eigenvalue weighted by Gasteiger charge is 2.31. The molecular weight excluding hydrogens is 1180 g/mol. The first kappa shape index (κ1) is 62.4. The molecule has 0 fully saturated rings. The number of thiazole rings is 3. The number of hydrogen-bond acceptors (Lipinski definition) is 23. The Labute approximate surface area is 495 Å². The van der Waals surface area contributed by atoms with Gasteiger partial charge in [0.1, 0.15) is 65.6 Å². The van der Waals surface area contributed by atoms with Gasteiger partial charge in [-0.25, -0.2) is 34.7 Å². The van der Waals surface area contributed by atoms with Gasteiger partial charge in [-0.3, -0.25) is 47.9 Å². The van der Waals surface area contributed by atoms with Crippen molar-refractivity contribution in [2.45, 2.75) is 45.5 Å². The highest BCUT2D eigenvalue weighted by atomic mass is 32.1. The summed E-state index contributed by atoms with van der Waals surface area (Å²) in [5.41, 5.74) is -4.39. The molecule has 6 aromatic rings. The minimum atomic E-state index is -1.63. The van der Waals surface area contributed by atoms with Crippen molar-refractivity contribution in [3.8, 4) is 22.0 Å². The van der Waals surface area contributed by atoms with Crippen LogP contribution >= 0.6 is 34.0 Å². The fourth-order valence-electron chi connectivity index (χ4n) is 6.81. The molecule has 1 aliphatic rings. The number of fused-ring (bicyclic) bond motifs is 13. The number of amides is 10. The van der Waals surface area contributed by atoms with E-state index in [-0.39, 0.29) is 72.9 Å². The number of aromatic nitrogens is 6. The van der Waals surface area contributed by atoms with Crippen LogP contribution in [0.25, 0.3) is 33.4 Å². The topological polar surface area (TPSA) is 452 Å². The number of aliphatic hydroxyl groups excluding tert-OH is 1. The minimum absolute atomic E-state index is 0.0379. The molecule has 7 heterocycles. The number of hydrogen-bond donors (Lipinski definition) is 12. The first-order chi connectivity index (χ1) is 40.7. The van der Waals surface area contributed by atoms with Gasteiger partial charge in [0, 0.05) is 10.9 Å². The van der Waals surface area contributed by atoms with E-state index in [0.717, 1.165) is 46.5 Å². The highest BCUT2D eigenvalue weighted by molar-refractivity contribution is 7.14. The number of carboxylic acids is 1. The molecule has 12 N–H and O–H groups in total. The third-order valence-corrected chi connectivity index (χ3v) is 14.3. The second-order valence-electron chi connectivity index (χ2n) is 17.5. The van der Waals surface area contributed by atoms with Crippen LogP contribution in [0.3, 0.4) is 0 Å². The lowest BCUT2D eigenvalue weighted by Gasteiger charge is -2.20. The van der Waals surface area contributed by atoms with Crippen molar-refractivity contribution in [2.24, 2.45) is 0 Å². The molecule has 3 atom stereocenters. The van der Waals surface area contributed by atoms with Crippen LogP contribution in [-0.2, 0) is 35.3 Å². The lowest BCUT2D eigenvalue weighted by Crippen LogP contribution is -2.52. The van der Waals surface area contributed by atoms with Crippen LogP contribution in [0.4, 0.5) is 0 Å². The Morgan fingerprint density at radius 1 is 0.721 bits per heavy atom. The van der Waals surface area contributed by atoms with Crippen LogP contribution in [0.1, 0.15) is 99.5 Å². The van der Waals surface area contributed by atoms with Gasteiger partial charge in [-0.1, -0.05) is 45.5 Å². The van der Waals surface area contributed by atoms with Crippen LogP contribution in [0.2, 0.25) is 0 Å². The van der Waals surface area contributed by atoms with Gasteiger partial charge in [-0.05, 0) is 32.9 Å². The van der Waals surface area contributed by atoms with Crippen molar-refractivity contribution >= 4 is 110 Å². The molecule has 0 spiro atoms. The standard InChI is InChI=1S/C52H46N16O15S3/c1-10-28-49-55-13-32(83-49)44(76)54-16-35-53-14-33(85-35)45(77)62-24(7)50-56-15-34(86-50)46(78)60-22(5)40(72)61-23(6)48-66-30(17-82-48)37-27(51-67-31(18-84-51)43(75)68-36(26(9)69)47(79)65-28)11-12-29(64-37)42(74)59-21(4)39(71)57-19(2)38(70)58-20(3)41(73)63-25(8)52(80)81/h10-15,17-18,24,26,36,69H,2-6,8,16H2,1,7,9H3,(H,54,76)(H,57,71)(H,58,70)(H,59,74)(H,60,78)(H,61,72)(H,62,77)(H,63,73)(H,65,79)(H,68,75)(H,80,81)/b28-10+. The fourth-order valence-corrected chi connectivity index (χ4v) is 9.21. The van der Waals surface area contributed by atoms with Gasteiger partial charge in [0.15, 0.2) is 0 Å². The van der Waals surface area contributed by atoms with Gasteiger partial charge in [0.05, 0.1) is 71.5 Å². The van der Waals surface area contributed by atoms with E-state index in [4.69, 9.17) is 13.9 Å². The maximum atomic E-state index is 13.8. The normalized spacial score (nSPS) is 16.1. The summed E-state index contributed by atoms with van der Waals surface area (Å²) in [7, 11) is 0. The smallest absolute Gasteiger partial charge is 0.351 e. The van der Waals surface area contributed by atoms with Crippen molar-refractivity contribution in [3.63, 3.8) is 0 Å². The summed E-state index contributed by atoms with van der Waals surface area (Å²) in [6, 6.07) is 0.157. The zero-order chi connectivity index (χ0) is 62.8. The van der Waals surface area contributed by atoms with Crippen molar-refractivity contribution in [2.75, 3.05) is 0 Å². The molecule has 0 aromatic carbocycles. The van der Waals surface area contributed by atoms with Crippen molar-refractivity contribution < 1.29 is 71.8 Å². The van der Waals surface area contributed by atoms with Gasteiger partial charge in [0.2, 0.25) is 23.4 Å². The third kappa shape index (κ3) is 15.1. The van der Waals surface area contributed by atoms with Gasteiger partial charge in [-0.15, -0.1) is 34.0 Å². The van der Waals surface area contributed by atoms with E-state index < -0.39 is 117 Å². The summed E-state index contributed by atoms with van der Waals surface area (Å²) in [4.78, 5) is 169. The molecule has 0 saturated carbocycles. The number of nitrogens with one attached hydrogen (secondary N) is 10. The molecule has 0 saturated heterocycles. The van der Waals surface area contributed by atoms with Crippen LogP contribution in [0.15, 0.2) is 125 Å². The number of aliphatic hydroxyl groups is 1. The maximum absolute atomic E-state index is 13.8. The van der Waals surface area contributed by atoms with Crippen molar-refractivity contribution in [3.05, 3.63) is 165 Å². The Balaban J connectivity index is 1.15. The van der Waals surface area contributed by atoms with Gasteiger partial charge < -0.3 is 72.2 Å². The molecule has 7 rings (SSSR count). The predicted molar refractivity (Wildman–Crippen MR) is 303 cm³/mol. The summed E-state index contributed by atoms with van der Waals surface area (Å²) in [6.45, 7) is 25.0. The minimum Gasteiger partial charge on any atom is -0.477 e. The molecule has 0 radical (unpaired) electrons. The van der Waals surface area contributed by atoms with E-state index in [0.29, 0.717) is 10.0 Å². The summed E-state index contributed by atoms with van der Waals surface area (Å²) in [6.07, 6.45) is 4.55. The zero-order valence-electron chi connectivity index (χ0n) is 44.9. The summed E-state index contributed by atoms with van der Waals surface area (Å²) < 4.78 is 11.3. The average molecular weight is 1230 g/mol. The summed E-state index contributed by atoms with van der Waals surface area (Å²) in [5, 5.41) is 45.0. The second-order valence-corrected chi connectivity index (χ2v) is 20.6. The predicted octanol–water partition coefficient (Wildman–Crippen LogP) is 1.40. The molecule has 442 valence electrons. The van der Waals surface area contributed by atoms with Crippen LogP contribution in [-0.4, -0.2) is 117 Å². The molecule has 10 amide bonds. The number of oxazole rings is 2. The van der Waals surface area contributed by atoms with E-state index in [2.05, 4.69) is 112 Å². The van der Waals surface area contributed by atoms with E-state index in [1.54, 1.807) is 6.92 Å². The molecular formula is C52H46N16O15S3. The Morgan fingerprint density at radius 2 is 1.36 bits per heavy atom. The number of pyridine rings is 1. The number of carbonyl (C=O) groups excluding carboxylic acids is 10. The molecule has 86 heavy (non-hydrogen) atoms. The number of nitrogens with zero attached hydrogens (tertiary/aromatic N) is 6. The Kier molecular flexibility index (Phi) is 19.4. The van der Waals surface area contributed by atoms with Gasteiger partial charge >= 0.3 is 5.97 Å². The number of allylic oxidation sites excluding steroid dienone is 1. The maximum Gasteiger partial charge on any atom is 0.351 e. The van der Waals surface area contributed by atoms with E-state index in [1.807, 2.05) is 10.6 Å². The molecule has 31 nitrogen and oxygen atoms in total. The van der Waals surface area contributed by atoms with Gasteiger partial charge in [0.25, 0.3) is 53.2 Å². The quantitative estimate of drug-likeness (QED) is 0.0862. The monoisotopic (exact) mass is 1230 g/mol. The fraction of sp³-hybridized carbons (Fsp3) is 0.135. The first-order valence-electron chi connectivity index (χ1n) is 24.3. The SMILES string of the molecule is C=C(NC(=O)C(=C)NC(=O)C(=C)NC(=O)C(=C)NC(=O)c1ccc2c(n1)-c1coc(n1)C(=C)NC(=O)C(=C)NC(=O)c1cnc(s1)C(C)NC(=O)c1cnc(s1)CNC(=O)c1cnc(o1)/C(=C\C)NC(=O)C(C(C)O)NC(=O)c1csc-2n1)C(=O)O. The lowest BCUT2D eigenvalue weighted by molar-refractivity contribution is -0.134. The van der Waals surface area contributed by atoms with Crippen molar-refractivity contribution in [1.29, 1.82) is 0 Å². The van der Waals surface area contributed by atoms with E-state index >= 15 is 0 Å². The molecule has 34 heteroatoms. The van der Waals surface area contributed by atoms with Crippen LogP contribution < -0.4 is 53.2 Å². The summed E-state index contributed by atoms with van der Waals surface area (Å²) >= 11 is 2.77. The van der Waals surface area contributed by atoms with Crippen molar-refractivity contribution in [1.82, 2.24) is 83.1 Å². The number of aliphatic carboxylic acids is 1. The number of rotatable bonds is 10. The molecule has 3 unspecified atom stereocenters. The van der Waals surface area contributed by atoms with E-state index in [1.165, 1.54) is 49.8 Å². The highest BCUT2D eigenvalue weighted by Crippen LogP contribution is 2.34. The first-order valence-corrected chi connectivity index (χ1v) is 26.8. The molecule has 0 aliphatic carbocycles. The Morgan fingerprint density at radius 3 is 2.02 bits per heavy atom. The molecule has 6 aromatic heterocycles. The Bertz CT molecular complexity index is 3950. The average Bonchev–Trinajstić information content (AvgIpc) is 4.19. The van der Waals surface area contributed by atoms with Gasteiger partial charge in [-0.2, -0.15) is 0 Å². The second kappa shape index (κ2) is 26.8. The summed E-state index contributed by atoms with van der Waals surface area (Å²) in [5.74, 6) is -11.9. The zero-order valence-corrected chi connectivity index (χ0v) is 47.4. The van der Waals surface area contributed by atoms with E-state index in [9.17, 15) is 57.8 Å². The Hall–Kier alpha value is -11.2. The largest absolute Gasteiger partial charge is 0.477 e. The van der Waals surface area contributed by atoms with Crippen LogP contribution in [0.5, 0.6) is 0 Å². The van der Waals surface area contributed by atoms with Crippen LogP contribution in [0, 0.1) is 0 Å². The third-order valence-electron chi connectivity index (χ3n) is 11.2. The number of carbonyl (C=O) groups is 11.